The van der Waals surface area contributed by atoms with E-state index in [1.165, 1.54) is 13.8 Å². The third-order valence-corrected chi connectivity index (χ3v) is 9.38. The Balaban J connectivity index is 2.39. The summed E-state index contributed by atoms with van der Waals surface area (Å²) in [6.07, 6.45) is -9.98. The van der Waals surface area contributed by atoms with Crippen LogP contribution in [0.3, 0.4) is 0 Å². The van der Waals surface area contributed by atoms with Crippen LogP contribution in [0.4, 0.5) is 9.18 Å². The molecule has 0 bridgehead atoms. The van der Waals surface area contributed by atoms with Crippen molar-refractivity contribution < 1.29 is 75.9 Å². The number of urea groups is 1. The lowest BCUT2D eigenvalue weighted by atomic mass is 9.40. The average Bonchev–Trinajstić information content (AvgIpc) is 2.95. The molecule has 0 aromatic rings. The van der Waals surface area contributed by atoms with Gasteiger partial charge in [0, 0.05) is 46.5 Å². The van der Waals surface area contributed by atoms with Gasteiger partial charge in [-0.1, -0.05) is 27.7 Å². The van der Waals surface area contributed by atoms with Crippen LogP contribution in [-0.4, -0.2) is 114 Å². The molecule has 48 heavy (non-hydrogen) atoms. The lowest BCUT2D eigenvalue weighted by Crippen LogP contribution is -2.90. The molecule has 2 aliphatic heterocycles. The smallest absolute Gasteiger partial charge is 0.360 e. The maximum absolute atomic E-state index is 17.0. The molecule has 2 saturated heterocycles. The van der Waals surface area contributed by atoms with E-state index in [1.54, 1.807) is 13.8 Å². The van der Waals surface area contributed by atoms with Crippen LogP contribution in [-0.2, 0) is 66.7 Å². The second kappa shape index (κ2) is 13.3. The number of esters is 6. The highest BCUT2D eigenvalue weighted by atomic mass is 19.1. The summed E-state index contributed by atoms with van der Waals surface area (Å²) in [7, 11) is 0.916. The number of imide groups is 1. The molecule has 8 atom stereocenters. The molecular formula is C30H41FN2O15. The van der Waals surface area contributed by atoms with E-state index in [4.69, 9.17) is 33.2 Å². The van der Waals surface area contributed by atoms with Crippen molar-refractivity contribution in [1.29, 1.82) is 0 Å². The summed E-state index contributed by atoms with van der Waals surface area (Å²) < 4.78 is 55.2. The molecular weight excluding hydrogens is 647 g/mol. The zero-order valence-corrected chi connectivity index (χ0v) is 28.3. The zero-order valence-electron chi connectivity index (χ0n) is 28.3. The second-order valence-electron chi connectivity index (χ2n) is 12.9. The quantitative estimate of drug-likeness (QED) is 0.246. The number of hydrogen-bond acceptors (Lipinski definition) is 15. The molecule has 17 nitrogen and oxygen atoms in total. The van der Waals surface area contributed by atoms with Gasteiger partial charge in [0.05, 0.1) is 13.2 Å². The highest BCUT2D eigenvalue weighted by Gasteiger charge is 2.83. The minimum Gasteiger partial charge on any atom is -0.465 e. The van der Waals surface area contributed by atoms with Crippen molar-refractivity contribution >= 4 is 47.8 Å². The summed E-state index contributed by atoms with van der Waals surface area (Å²) in [5, 5.41) is 1.93. The Kier molecular flexibility index (Phi) is 10.5. The lowest BCUT2D eigenvalue weighted by Gasteiger charge is -2.72. The molecule has 1 aliphatic carbocycles. The van der Waals surface area contributed by atoms with Crippen molar-refractivity contribution in [3.05, 3.63) is 0 Å². The van der Waals surface area contributed by atoms with Crippen molar-refractivity contribution in [2.75, 3.05) is 13.7 Å². The second-order valence-corrected chi connectivity index (χ2v) is 12.9. The fourth-order valence-electron chi connectivity index (χ4n) is 6.77. The highest BCUT2D eigenvalue weighted by Crippen LogP contribution is 2.68. The first-order valence-electron chi connectivity index (χ1n) is 14.9. The third-order valence-electron chi connectivity index (χ3n) is 9.38. The lowest BCUT2D eigenvalue weighted by molar-refractivity contribution is -0.327. The number of halogens is 1. The normalized spacial score (nSPS) is 31.4. The van der Waals surface area contributed by atoms with Gasteiger partial charge < -0.3 is 33.2 Å². The number of nitrogens with one attached hydrogen (secondary N) is 1. The molecule has 0 spiro atoms. The SMILES string of the molecule is COC(=O)[C@@]1(N2C(=O)NC(=O)[C@]3(F)[C@H]2C(C)(C)C3(C)C)C[C@H](OC(C)=O)[C@@H](OC(C)=O)[C@H]([C@@H](OC(C)=O)[C@@H](COC(C)=O)OC(C)=O)O1. The Morgan fingerprint density at radius 2 is 1.46 bits per heavy atom. The Bertz CT molecular complexity index is 1400. The largest absolute Gasteiger partial charge is 0.465 e. The van der Waals surface area contributed by atoms with Gasteiger partial charge in [0.2, 0.25) is 11.4 Å². The number of nitrogens with zero attached hydrogens (tertiary/aromatic N) is 1. The topological polar surface area (TPSA) is 216 Å². The molecule has 268 valence electrons. The molecule has 0 aromatic heterocycles. The van der Waals surface area contributed by atoms with Crippen LogP contribution in [0, 0.1) is 10.8 Å². The van der Waals surface area contributed by atoms with Crippen LogP contribution in [0.15, 0.2) is 0 Å². The number of fused-ring (bicyclic) bond motifs is 1. The average molecular weight is 689 g/mol. The van der Waals surface area contributed by atoms with Crippen molar-refractivity contribution in [2.24, 2.45) is 10.8 Å². The van der Waals surface area contributed by atoms with Crippen molar-refractivity contribution in [1.82, 2.24) is 10.2 Å². The van der Waals surface area contributed by atoms with Gasteiger partial charge in [-0.15, -0.1) is 0 Å². The van der Waals surface area contributed by atoms with E-state index >= 15 is 4.39 Å². The first-order chi connectivity index (χ1) is 22.0. The minimum atomic E-state index is -2.81. The van der Waals surface area contributed by atoms with Gasteiger partial charge >= 0.3 is 41.8 Å². The van der Waals surface area contributed by atoms with Gasteiger partial charge in [-0.05, 0) is 5.41 Å². The van der Waals surface area contributed by atoms with E-state index in [1.807, 2.05) is 5.32 Å². The predicted octanol–water partition coefficient (Wildman–Crippen LogP) is 0.629. The van der Waals surface area contributed by atoms with Gasteiger partial charge in [-0.25, -0.2) is 14.0 Å². The van der Waals surface area contributed by atoms with E-state index in [9.17, 15) is 38.4 Å². The fraction of sp³-hybridized carbons (Fsp3) is 0.733. The summed E-state index contributed by atoms with van der Waals surface area (Å²) in [5.74, 6) is -7.42. The summed E-state index contributed by atoms with van der Waals surface area (Å²) in [5.41, 5.74) is -8.28. The van der Waals surface area contributed by atoms with Crippen LogP contribution < -0.4 is 5.32 Å². The van der Waals surface area contributed by atoms with E-state index in [0.717, 1.165) is 41.7 Å². The Labute approximate surface area is 275 Å². The first-order valence-corrected chi connectivity index (χ1v) is 14.9. The Morgan fingerprint density at radius 3 is 1.94 bits per heavy atom. The molecule has 3 aliphatic rings. The van der Waals surface area contributed by atoms with E-state index in [2.05, 4.69) is 0 Å². The maximum atomic E-state index is 17.0. The molecule has 1 N–H and O–H groups in total. The number of hydrogen-bond donors (Lipinski definition) is 1. The molecule has 3 rings (SSSR count). The van der Waals surface area contributed by atoms with Gasteiger partial charge in [0.15, 0.2) is 18.3 Å². The van der Waals surface area contributed by atoms with E-state index in [-0.39, 0.29) is 0 Å². The van der Waals surface area contributed by atoms with Gasteiger partial charge in [-0.3, -0.25) is 39.0 Å². The third kappa shape index (κ3) is 6.28. The Hall–Kier alpha value is -4.35. The van der Waals surface area contributed by atoms with Crippen LogP contribution in [0.25, 0.3) is 0 Å². The molecule has 2 heterocycles. The highest BCUT2D eigenvalue weighted by molar-refractivity contribution is 6.06. The van der Waals surface area contributed by atoms with Crippen molar-refractivity contribution in [3.63, 3.8) is 0 Å². The fourth-order valence-corrected chi connectivity index (χ4v) is 6.77. The standard InChI is InChI=1S/C30H41FN2O15/c1-13(34)43-12-19(45-15(3)36)21(47-17(5)38)22-20(46-16(4)37)18(44-14(2)35)11-29(48-22,25(40)42-10)33-23-27(6,7)28(8,9)30(23,31)24(39)32-26(33)41/h18-23H,11-12H2,1-10H3,(H,32,39,41)/t18-,19+,20+,21-,22+,23+,29+,30+/m0/s1. The monoisotopic (exact) mass is 688 g/mol. The number of methoxy groups -OCH3 is 1. The number of ether oxygens (including phenoxy) is 7. The van der Waals surface area contributed by atoms with Crippen LogP contribution in [0.2, 0.25) is 0 Å². The van der Waals surface area contributed by atoms with Gasteiger partial charge in [0.1, 0.15) is 18.8 Å². The first kappa shape index (κ1) is 38.1. The summed E-state index contributed by atoms with van der Waals surface area (Å²) in [6, 6.07) is -3.00. The molecule has 18 heteroatoms. The summed E-state index contributed by atoms with van der Waals surface area (Å²) >= 11 is 0. The Morgan fingerprint density at radius 1 is 0.896 bits per heavy atom. The zero-order chi connectivity index (χ0) is 36.7. The molecule has 0 unspecified atom stereocenters. The van der Waals surface area contributed by atoms with E-state index < -0.39 is 120 Å². The molecule has 1 saturated carbocycles. The number of amides is 3. The number of carbonyl (C=O) groups is 8. The van der Waals surface area contributed by atoms with Crippen LogP contribution in [0.1, 0.15) is 68.7 Å². The molecule has 3 fully saturated rings. The van der Waals surface area contributed by atoms with Crippen LogP contribution in [0.5, 0.6) is 0 Å². The number of alkyl halides is 1. The van der Waals surface area contributed by atoms with Crippen LogP contribution >= 0.6 is 0 Å². The van der Waals surface area contributed by atoms with Crippen molar-refractivity contribution in [2.45, 2.75) is 117 Å². The van der Waals surface area contributed by atoms with E-state index in [0.29, 0.717) is 4.90 Å². The van der Waals surface area contributed by atoms with Gasteiger partial charge in [-0.2, -0.15) is 0 Å². The van der Waals surface area contributed by atoms with Gasteiger partial charge in [0.25, 0.3) is 5.91 Å². The summed E-state index contributed by atoms with van der Waals surface area (Å²) in [4.78, 5) is 103. The molecule has 0 radical (unpaired) electrons. The van der Waals surface area contributed by atoms with Crippen molar-refractivity contribution in [3.8, 4) is 0 Å². The minimum absolute atomic E-state index is 0.636. The maximum Gasteiger partial charge on any atom is 0.360 e. The molecule has 3 amide bonds. The number of rotatable bonds is 10. The molecule has 0 aromatic carbocycles. The predicted molar refractivity (Wildman–Crippen MR) is 154 cm³/mol. The summed E-state index contributed by atoms with van der Waals surface area (Å²) in [6.45, 7) is 10.2. The number of carbonyl (C=O) groups excluding carboxylic acids is 8.